The Morgan fingerprint density at radius 2 is 1.84 bits per heavy atom. The molecule has 0 spiro atoms. The van der Waals surface area contributed by atoms with Gasteiger partial charge in [-0.2, -0.15) is 0 Å². The molecule has 2 aliphatic rings. The van der Waals surface area contributed by atoms with E-state index in [4.69, 9.17) is 10.5 Å². The second-order valence-electron chi connectivity index (χ2n) is 7.07. The average molecular weight is 268 g/mol. The van der Waals surface area contributed by atoms with E-state index in [0.717, 1.165) is 12.8 Å². The van der Waals surface area contributed by atoms with Gasteiger partial charge in [0.2, 0.25) is 0 Å². The third-order valence-corrected chi connectivity index (χ3v) is 4.03. The van der Waals surface area contributed by atoms with Crippen molar-refractivity contribution in [2.24, 2.45) is 11.7 Å². The van der Waals surface area contributed by atoms with Gasteiger partial charge in [0.15, 0.2) is 0 Å². The van der Waals surface area contributed by atoms with Crippen molar-refractivity contribution in [1.82, 2.24) is 4.90 Å². The Kier molecular flexibility index (Phi) is 4.39. The molecule has 0 bridgehead atoms. The molecule has 2 saturated carbocycles. The molecule has 2 aliphatic carbocycles. The van der Waals surface area contributed by atoms with Crippen LogP contribution in [0.5, 0.6) is 0 Å². The first kappa shape index (κ1) is 14.6. The Labute approximate surface area is 116 Å². The van der Waals surface area contributed by atoms with E-state index in [9.17, 15) is 4.79 Å². The number of nitrogens with two attached hydrogens (primary N) is 1. The van der Waals surface area contributed by atoms with E-state index in [1.165, 1.54) is 25.7 Å². The van der Waals surface area contributed by atoms with Crippen molar-refractivity contribution in [3.63, 3.8) is 0 Å². The summed E-state index contributed by atoms with van der Waals surface area (Å²) in [5.41, 5.74) is 5.87. The van der Waals surface area contributed by atoms with Crippen LogP contribution in [0.2, 0.25) is 0 Å². The molecule has 0 aliphatic heterocycles. The van der Waals surface area contributed by atoms with Crippen LogP contribution in [0.25, 0.3) is 0 Å². The standard InChI is InChI=1S/C15H28N2O2/c1-15(2,3)19-14(18)17(12-8-9-12)10-13(16)11-6-4-5-7-11/h11-13H,4-10,16H2,1-3H3. The van der Waals surface area contributed by atoms with Crippen molar-refractivity contribution in [3.8, 4) is 0 Å². The zero-order chi connectivity index (χ0) is 14.0. The van der Waals surface area contributed by atoms with E-state index < -0.39 is 5.60 Å². The largest absolute Gasteiger partial charge is 0.444 e. The zero-order valence-corrected chi connectivity index (χ0v) is 12.5. The molecule has 1 atom stereocenters. The molecule has 2 fully saturated rings. The van der Waals surface area contributed by atoms with Crippen molar-refractivity contribution >= 4 is 6.09 Å². The monoisotopic (exact) mass is 268 g/mol. The van der Waals surface area contributed by atoms with Crippen molar-refractivity contribution < 1.29 is 9.53 Å². The number of ether oxygens (including phenoxy) is 1. The van der Waals surface area contributed by atoms with Crippen molar-refractivity contribution in [2.45, 2.75) is 77.0 Å². The van der Waals surface area contributed by atoms with Crippen LogP contribution in [0, 0.1) is 5.92 Å². The Morgan fingerprint density at radius 1 is 1.26 bits per heavy atom. The van der Waals surface area contributed by atoms with Crippen LogP contribution in [-0.4, -0.2) is 35.2 Å². The predicted molar refractivity (Wildman–Crippen MR) is 75.9 cm³/mol. The lowest BCUT2D eigenvalue weighted by Crippen LogP contribution is -2.47. The lowest BCUT2D eigenvalue weighted by atomic mass is 9.98. The molecule has 0 aromatic heterocycles. The van der Waals surface area contributed by atoms with E-state index in [2.05, 4.69) is 0 Å². The van der Waals surface area contributed by atoms with Crippen LogP contribution in [0.4, 0.5) is 4.79 Å². The first-order valence-corrected chi connectivity index (χ1v) is 7.62. The third kappa shape index (κ3) is 4.37. The summed E-state index contributed by atoms with van der Waals surface area (Å²) in [7, 11) is 0. The van der Waals surface area contributed by atoms with Gasteiger partial charge in [0, 0.05) is 18.6 Å². The summed E-state index contributed by atoms with van der Waals surface area (Å²) in [4.78, 5) is 14.1. The Bertz CT molecular complexity index is 315. The summed E-state index contributed by atoms with van der Waals surface area (Å²) in [6, 6.07) is 0.470. The van der Waals surface area contributed by atoms with E-state index in [1.54, 1.807) is 0 Å². The minimum Gasteiger partial charge on any atom is -0.444 e. The maximum atomic E-state index is 12.2. The SMILES string of the molecule is CC(C)(C)OC(=O)N(CC(N)C1CCCC1)C1CC1. The molecule has 0 heterocycles. The summed E-state index contributed by atoms with van der Waals surface area (Å²) in [5, 5.41) is 0. The normalized spacial score (nSPS) is 22.3. The van der Waals surface area contributed by atoms with E-state index in [-0.39, 0.29) is 12.1 Å². The second kappa shape index (κ2) is 5.70. The van der Waals surface area contributed by atoms with Gasteiger partial charge in [0.25, 0.3) is 0 Å². The van der Waals surface area contributed by atoms with E-state index in [0.29, 0.717) is 18.5 Å². The number of hydrogen-bond acceptors (Lipinski definition) is 3. The molecule has 1 amide bonds. The number of nitrogens with zero attached hydrogens (tertiary/aromatic N) is 1. The van der Waals surface area contributed by atoms with Crippen LogP contribution in [0.3, 0.4) is 0 Å². The molecule has 4 nitrogen and oxygen atoms in total. The topological polar surface area (TPSA) is 55.6 Å². The molecule has 19 heavy (non-hydrogen) atoms. The summed E-state index contributed by atoms with van der Waals surface area (Å²) in [5.74, 6) is 0.587. The summed E-state index contributed by atoms with van der Waals surface area (Å²) < 4.78 is 5.50. The molecular weight excluding hydrogens is 240 g/mol. The average Bonchev–Trinajstić information content (AvgIpc) is 2.96. The first-order valence-electron chi connectivity index (χ1n) is 7.62. The zero-order valence-electron chi connectivity index (χ0n) is 12.5. The maximum Gasteiger partial charge on any atom is 0.410 e. The molecule has 0 aromatic carbocycles. The summed E-state index contributed by atoms with van der Waals surface area (Å²) in [6.07, 6.45) is 7.00. The van der Waals surface area contributed by atoms with Gasteiger partial charge in [0.05, 0.1) is 0 Å². The quantitative estimate of drug-likeness (QED) is 0.853. The van der Waals surface area contributed by atoms with Gasteiger partial charge in [-0.1, -0.05) is 12.8 Å². The maximum absolute atomic E-state index is 12.2. The molecule has 2 N–H and O–H groups in total. The van der Waals surface area contributed by atoms with E-state index in [1.807, 2.05) is 25.7 Å². The predicted octanol–water partition coefficient (Wildman–Crippen LogP) is 2.90. The van der Waals surface area contributed by atoms with Crippen molar-refractivity contribution in [3.05, 3.63) is 0 Å². The number of carbonyl (C=O) groups excluding carboxylic acids is 1. The molecule has 1 unspecified atom stereocenters. The van der Waals surface area contributed by atoms with Gasteiger partial charge < -0.3 is 15.4 Å². The highest BCUT2D eigenvalue weighted by molar-refractivity contribution is 5.69. The highest BCUT2D eigenvalue weighted by atomic mass is 16.6. The highest BCUT2D eigenvalue weighted by Crippen LogP contribution is 2.31. The van der Waals surface area contributed by atoms with Gasteiger partial charge in [-0.05, 0) is 52.4 Å². The van der Waals surface area contributed by atoms with Crippen LogP contribution >= 0.6 is 0 Å². The first-order chi connectivity index (χ1) is 8.87. The molecule has 0 aromatic rings. The van der Waals surface area contributed by atoms with Crippen molar-refractivity contribution in [2.75, 3.05) is 6.54 Å². The van der Waals surface area contributed by atoms with Crippen molar-refractivity contribution in [1.29, 1.82) is 0 Å². The Balaban J connectivity index is 1.90. The molecule has 0 saturated heterocycles. The molecule has 0 radical (unpaired) electrons. The number of amides is 1. The second-order valence-corrected chi connectivity index (χ2v) is 7.07. The van der Waals surface area contributed by atoms with Gasteiger partial charge >= 0.3 is 6.09 Å². The van der Waals surface area contributed by atoms with Crippen LogP contribution < -0.4 is 5.73 Å². The molecule has 4 heteroatoms. The fraction of sp³-hybridized carbons (Fsp3) is 0.933. The van der Waals surface area contributed by atoms with Crippen LogP contribution in [0.15, 0.2) is 0 Å². The highest BCUT2D eigenvalue weighted by Gasteiger charge is 2.37. The number of carbonyl (C=O) groups is 1. The fourth-order valence-electron chi connectivity index (χ4n) is 2.84. The Morgan fingerprint density at radius 3 is 2.32 bits per heavy atom. The number of hydrogen-bond donors (Lipinski definition) is 1. The van der Waals surface area contributed by atoms with E-state index >= 15 is 0 Å². The summed E-state index contributed by atoms with van der Waals surface area (Å²) >= 11 is 0. The summed E-state index contributed by atoms with van der Waals surface area (Å²) in [6.45, 7) is 6.39. The lowest BCUT2D eigenvalue weighted by Gasteiger charge is -2.31. The third-order valence-electron chi connectivity index (χ3n) is 4.03. The van der Waals surface area contributed by atoms with Gasteiger partial charge in [-0.3, -0.25) is 0 Å². The van der Waals surface area contributed by atoms with Gasteiger partial charge in [0.1, 0.15) is 5.60 Å². The van der Waals surface area contributed by atoms with Gasteiger partial charge in [-0.25, -0.2) is 4.79 Å². The van der Waals surface area contributed by atoms with Crippen LogP contribution in [0.1, 0.15) is 59.3 Å². The number of rotatable bonds is 4. The van der Waals surface area contributed by atoms with Gasteiger partial charge in [-0.15, -0.1) is 0 Å². The minimum absolute atomic E-state index is 0.107. The Hall–Kier alpha value is -0.770. The smallest absolute Gasteiger partial charge is 0.410 e. The molecular formula is C15H28N2O2. The minimum atomic E-state index is -0.429. The molecule has 2 rings (SSSR count). The molecule has 110 valence electrons. The fourth-order valence-corrected chi connectivity index (χ4v) is 2.84. The lowest BCUT2D eigenvalue weighted by molar-refractivity contribution is 0.0211. The van der Waals surface area contributed by atoms with Crippen LogP contribution in [-0.2, 0) is 4.74 Å².